The van der Waals surface area contributed by atoms with Gasteiger partial charge in [-0.15, -0.1) is 0 Å². The average Bonchev–Trinajstić information content (AvgIpc) is 3.16. The summed E-state index contributed by atoms with van der Waals surface area (Å²) in [6, 6.07) is 0. The molecule has 32 heteroatoms. The standard InChI is InChI=1S/C28H63O27P5/c1-3-27(23-29)24-54-59(37,38)51-21-15-45-9-7-43-13-19-49-57(33,34)47-17-11-41-5-6-42-12-18-48-58(35,36)50-20-14-44-8-10-46-16-22-52-60(39,40)55-26-28(4-2)25-53-56(30,31)32/h27-29H,3-26H2,1-2H3,(H,33,34)(H,35,36)(H,37,38)(H,39,40)(H2,30,31,32). The normalized spacial score (nSPS) is 17.4. The van der Waals surface area contributed by atoms with Crippen LogP contribution in [0.1, 0.15) is 26.7 Å². The van der Waals surface area contributed by atoms with E-state index in [9.17, 15) is 42.4 Å². The Labute approximate surface area is 349 Å². The molecule has 0 fully saturated rings. The van der Waals surface area contributed by atoms with Crippen molar-refractivity contribution in [1.29, 1.82) is 0 Å². The first kappa shape index (κ1) is 60.3. The lowest BCUT2D eigenvalue weighted by Crippen LogP contribution is -2.15. The third-order valence-corrected chi connectivity index (χ3v) is 11.3. The van der Waals surface area contributed by atoms with Gasteiger partial charge < -0.3 is 62.9 Å². The first-order valence-corrected chi connectivity index (χ1v) is 26.0. The number of ether oxygens (including phenoxy) is 6. The van der Waals surface area contributed by atoms with Gasteiger partial charge in [0.1, 0.15) is 0 Å². The van der Waals surface area contributed by atoms with E-state index in [2.05, 4.69) is 4.52 Å². The highest BCUT2D eigenvalue weighted by Crippen LogP contribution is 2.45. The fourth-order valence-electron chi connectivity index (χ4n) is 3.57. The van der Waals surface area contributed by atoms with Crippen molar-refractivity contribution >= 4 is 39.1 Å². The Morgan fingerprint density at radius 3 is 0.783 bits per heavy atom. The lowest BCUT2D eigenvalue weighted by molar-refractivity contribution is 0.00785. The summed E-state index contributed by atoms with van der Waals surface area (Å²) in [7, 11) is -22.1. The predicted molar refractivity (Wildman–Crippen MR) is 204 cm³/mol. The maximum absolute atomic E-state index is 11.9. The summed E-state index contributed by atoms with van der Waals surface area (Å²) in [5.41, 5.74) is 0. The second-order valence-electron chi connectivity index (χ2n) is 11.7. The highest BCUT2D eigenvalue weighted by atomic mass is 31.2. The zero-order chi connectivity index (χ0) is 45.2. The Kier molecular flexibility index (Phi) is 35.7. The van der Waals surface area contributed by atoms with E-state index in [4.69, 9.17) is 79.5 Å². The number of aliphatic hydroxyl groups excluding tert-OH is 1. The van der Waals surface area contributed by atoms with Gasteiger partial charge in [-0.1, -0.05) is 13.8 Å². The summed E-state index contributed by atoms with van der Waals surface area (Å²) in [6.45, 7) is 0.911. The molecule has 0 heterocycles. The third kappa shape index (κ3) is 39.8. The molecule has 0 aliphatic carbocycles. The monoisotopic (exact) mass is 986 g/mol. The van der Waals surface area contributed by atoms with Crippen molar-refractivity contribution in [1.82, 2.24) is 0 Å². The van der Waals surface area contributed by atoms with Gasteiger partial charge in [0.2, 0.25) is 0 Å². The summed E-state index contributed by atoms with van der Waals surface area (Å²) in [5, 5.41) is 9.08. The summed E-state index contributed by atoms with van der Waals surface area (Å²) >= 11 is 0. The molecule has 27 nitrogen and oxygen atoms in total. The molecule has 60 heavy (non-hydrogen) atoms. The number of phosphoric ester groups is 5. The van der Waals surface area contributed by atoms with Gasteiger partial charge in [-0.05, 0) is 12.8 Å². The highest BCUT2D eigenvalue weighted by molar-refractivity contribution is 7.48. The van der Waals surface area contributed by atoms with Crippen molar-refractivity contribution < 1.29 is 126 Å². The van der Waals surface area contributed by atoms with Crippen LogP contribution in [0.3, 0.4) is 0 Å². The second-order valence-corrected chi connectivity index (χ2v) is 18.7. The molecule has 6 atom stereocenters. The number of hydrogen-bond donors (Lipinski definition) is 7. The Morgan fingerprint density at radius 2 is 0.550 bits per heavy atom. The molecule has 0 saturated carbocycles. The molecule has 0 aromatic heterocycles. The van der Waals surface area contributed by atoms with Crippen LogP contribution in [0.5, 0.6) is 0 Å². The molecule has 0 bridgehead atoms. The molecule has 362 valence electrons. The first-order valence-electron chi connectivity index (χ1n) is 18.5. The van der Waals surface area contributed by atoms with Crippen molar-refractivity contribution in [2.75, 3.05) is 145 Å². The lowest BCUT2D eigenvalue weighted by atomic mass is 10.1. The molecule has 0 saturated heterocycles. The van der Waals surface area contributed by atoms with E-state index >= 15 is 0 Å². The minimum atomic E-state index is -4.68. The molecule has 0 aliphatic heterocycles. The van der Waals surface area contributed by atoms with Gasteiger partial charge in [0.05, 0.1) is 139 Å². The first-order chi connectivity index (χ1) is 28.3. The fraction of sp³-hybridized carbons (Fsp3) is 1.00. The van der Waals surface area contributed by atoms with E-state index < -0.39 is 45.0 Å². The lowest BCUT2D eigenvalue weighted by Gasteiger charge is -2.18. The molecule has 7 N–H and O–H groups in total. The zero-order valence-electron chi connectivity index (χ0n) is 33.7. The molecule has 0 amide bonds. The summed E-state index contributed by atoms with van der Waals surface area (Å²) in [6.07, 6.45) is 0.930. The number of aliphatic hydroxyl groups is 1. The Morgan fingerprint density at radius 1 is 0.333 bits per heavy atom. The molecular formula is C28H63O27P5. The molecule has 0 aliphatic rings. The van der Waals surface area contributed by atoms with E-state index in [0.717, 1.165) is 0 Å². The van der Waals surface area contributed by atoms with Gasteiger partial charge in [-0.25, -0.2) is 22.8 Å². The second kappa shape index (κ2) is 35.5. The van der Waals surface area contributed by atoms with Gasteiger partial charge >= 0.3 is 39.1 Å². The topological polar surface area (TPSA) is 365 Å². The van der Waals surface area contributed by atoms with Gasteiger partial charge in [-0.3, -0.25) is 40.7 Å². The molecule has 0 aromatic rings. The smallest absolute Gasteiger partial charge is 0.396 e. The third-order valence-electron chi connectivity index (χ3n) is 6.85. The van der Waals surface area contributed by atoms with Crippen LogP contribution in [-0.2, 0) is 92.0 Å². The van der Waals surface area contributed by atoms with Gasteiger partial charge in [0.25, 0.3) is 0 Å². The molecule has 6 unspecified atom stereocenters. The SMILES string of the molecule is CCC(CO)COP(=O)(O)OCCOCCOCCOP(=O)(O)OCCOCCOCCOP(=O)(O)OCCOCCOCCOP(=O)(O)OCC(CC)COP(=O)(O)O. The Hall–Kier alpha value is 0.270. The van der Waals surface area contributed by atoms with E-state index in [1.807, 2.05) is 0 Å². The van der Waals surface area contributed by atoms with Gasteiger partial charge in [0, 0.05) is 18.4 Å². The maximum atomic E-state index is 11.9. The average molecular weight is 987 g/mol. The van der Waals surface area contributed by atoms with Crippen LogP contribution < -0.4 is 0 Å². The van der Waals surface area contributed by atoms with E-state index in [1.54, 1.807) is 13.8 Å². The number of rotatable bonds is 45. The van der Waals surface area contributed by atoms with Crippen LogP contribution in [-0.4, -0.2) is 180 Å². The van der Waals surface area contributed by atoms with Crippen molar-refractivity contribution in [3.8, 4) is 0 Å². The summed E-state index contributed by atoms with van der Waals surface area (Å²) in [5.74, 6) is -0.829. The van der Waals surface area contributed by atoms with Crippen LogP contribution >= 0.6 is 39.1 Å². The molecule has 0 radical (unpaired) electrons. The molecule has 0 spiro atoms. The minimum absolute atomic E-state index is 0.0212. The van der Waals surface area contributed by atoms with E-state index in [0.29, 0.717) is 12.8 Å². The van der Waals surface area contributed by atoms with E-state index in [1.165, 1.54) is 0 Å². The fourth-order valence-corrected chi connectivity index (χ4v) is 6.90. The predicted octanol–water partition coefficient (Wildman–Crippen LogP) is 1.77. The highest BCUT2D eigenvalue weighted by Gasteiger charge is 2.26. The van der Waals surface area contributed by atoms with Crippen molar-refractivity contribution in [3.63, 3.8) is 0 Å². The maximum Gasteiger partial charge on any atom is 0.472 e. The minimum Gasteiger partial charge on any atom is -0.396 e. The van der Waals surface area contributed by atoms with Crippen molar-refractivity contribution in [2.45, 2.75) is 26.7 Å². The number of hydrogen-bond acceptors (Lipinski definition) is 21. The van der Waals surface area contributed by atoms with Gasteiger partial charge in [0.15, 0.2) is 0 Å². The van der Waals surface area contributed by atoms with Crippen LogP contribution in [0.4, 0.5) is 0 Å². The van der Waals surface area contributed by atoms with Crippen molar-refractivity contribution in [3.05, 3.63) is 0 Å². The van der Waals surface area contributed by atoms with Crippen LogP contribution in [0.2, 0.25) is 0 Å². The Balaban J connectivity index is 3.68. The quantitative estimate of drug-likeness (QED) is 0.0338. The van der Waals surface area contributed by atoms with Crippen LogP contribution in [0, 0.1) is 11.8 Å². The van der Waals surface area contributed by atoms with Crippen LogP contribution in [0.25, 0.3) is 0 Å². The summed E-state index contributed by atoms with van der Waals surface area (Å²) < 4.78 is 132. The zero-order valence-corrected chi connectivity index (χ0v) is 38.1. The summed E-state index contributed by atoms with van der Waals surface area (Å²) in [4.78, 5) is 56.2. The molecule has 0 aromatic carbocycles. The largest absolute Gasteiger partial charge is 0.472 e. The van der Waals surface area contributed by atoms with Gasteiger partial charge in [-0.2, -0.15) is 0 Å². The number of phosphoric acid groups is 5. The van der Waals surface area contributed by atoms with Crippen LogP contribution in [0.15, 0.2) is 0 Å². The van der Waals surface area contributed by atoms with E-state index in [-0.39, 0.29) is 151 Å². The molecule has 0 rings (SSSR count). The molecular weight excluding hydrogens is 923 g/mol. The van der Waals surface area contributed by atoms with Crippen molar-refractivity contribution in [2.24, 2.45) is 11.8 Å². The Bertz CT molecular complexity index is 1290.